The summed E-state index contributed by atoms with van der Waals surface area (Å²) in [5.41, 5.74) is 3.58. The van der Waals surface area contributed by atoms with Crippen LogP contribution in [0.5, 0.6) is 0 Å². The zero-order valence-electron chi connectivity index (χ0n) is 17.0. The Morgan fingerprint density at radius 1 is 1.27 bits per heavy atom. The van der Waals surface area contributed by atoms with Crippen LogP contribution in [0.25, 0.3) is 32.8 Å². The summed E-state index contributed by atoms with van der Waals surface area (Å²) in [5.74, 6) is 0.736. The molecule has 0 saturated carbocycles. The summed E-state index contributed by atoms with van der Waals surface area (Å²) in [6.07, 6.45) is 13.1. The molecule has 4 aromatic rings. The Hall–Kier alpha value is -3.93. The Kier molecular flexibility index (Phi) is 5.30. The van der Waals surface area contributed by atoms with Crippen LogP contribution in [0, 0.1) is 0 Å². The first-order valence-corrected chi connectivity index (χ1v) is 9.73. The molecular formula is C24H23N5O. The van der Waals surface area contributed by atoms with E-state index in [2.05, 4.69) is 22.0 Å². The van der Waals surface area contributed by atoms with Crippen molar-refractivity contribution in [2.24, 2.45) is 7.05 Å². The average molecular weight is 397 g/mol. The number of benzene rings is 1. The van der Waals surface area contributed by atoms with Crippen molar-refractivity contribution in [3.8, 4) is 11.1 Å². The van der Waals surface area contributed by atoms with Gasteiger partial charge >= 0.3 is 0 Å². The molecule has 0 unspecified atom stereocenters. The van der Waals surface area contributed by atoms with Gasteiger partial charge in [0.2, 0.25) is 0 Å². The molecule has 0 aliphatic carbocycles. The van der Waals surface area contributed by atoms with Crippen molar-refractivity contribution in [3.63, 3.8) is 0 Å². The Morgan fingerprint density at radius 3 is 2.87 bits per heavy atom. The summed E-state index contributed by atoms with van der Waals surface area (Å²) < 4.78 is 1.76. The number of aryl methyl sites for hydroxylation is 1. The highest BCUT2D eigenvalue weighted by Crippen LogP contribution is 2.31. The minimum Gasteiger partial charge on any atom is -0.365 e. The summed E-state index contributed by atoms with van der Waals surface area (Å²) in [6, 6.07) is 7.89. The lowest BCUT2D eigenvalue weighted by atomic mass is 10.0. The van der Waals surface area contributed by atoms with Crippen molar-refractivity contribution in [1.82, 2.24) is 19.7 Å². The van der Waals surface area contributed by atoms with E-state index in [-0.39, 0.29) is 5.56 Å². The van der Waals surface area contributed by atoms with Crippen molar-refractivity contribution >= 4 is 27.5 Å². The molecule has 0 aliphatic rings. The van der Waals surface area contributed by atoms with Crippen LogP contribution in [0.15, 0.2) is 84.1 Å². The molecule has 0 atom stereocenters. The fourth-order valence-corrected chi connectivity index (χ4v) is 3.57. The SMILES string of the molecule is C=C/C=C(\C=C/C)CNc1nc2cc[nH]c(=O)c2c2cc(-c3cnn(C)c3)ccc12. The molecule has 3 heterocycles. The molecular weight excluding hydrogens is 374 g/mol. The maximum absolute atomic E-state index is 12.6. The van der Waals surface area contributed by atoms with E-state index in [0.29, 0.717) is 17.4 Å². The third kappa shape index (κ3) is 3.67. The molecule has 2 N–H and O–H groups in total. The fraction of sp³-hybridized carbons (Fsp3) is 0.125. The van der Waals surface area contributed by atoms with Crippen LogP contribution < -0.4 is 10.9 Å². The Balaban J connectivity index is 1.89. The number of anilines is 1. The lowest BCUT2D eigenvalue weighted by Gasteiger charge is -2.13. The molecule has 0 bridgehead atoms. The van der Waals surface area contributed by atoms with Crippen LogP contribution in [-0.2, 0) is 7.05 Å². The van der Waals surface area contributed by atoms with Gasteiger partial charge in [0, 0.05) is 42.3 Å². The molecule has 30 heavy (non-hydrogen) atoms. The smallest absolute Gasteiger partial charge is 0.258 e. The lowest BCUT2D eigenvalue weighted by Crippen LogP contribution is -2.10. The van der Waals surface area contributed by atoms with Crippen molar-refractivity contribution in [1.29, 1.82) is 0 Å². The number of rotatable bonds is 6. The third-order valence-electron chi connectivity index (χ3n) is 4.93. The zero-order chi connectivity index (χ0) is 21.1. The molecule has 0 spiro atoms. The van der Waals surface area contributed by atoms with Gasteiger partial charge < -0.3 is 10.3 Å². The molecule has 0 radical (unpaired) electrons. The van der Waals surface area contributed by atoms with E-state index >= 15 is 0 Å². The van der Waals surface area contributed by atoms with Gasteiger partial charge in [0.1, 0.15) is 5.82 Å². The first kappa shape index (κ1) is 19.4. The minimum atomic E-state index is -0.152. The van der Waals surface area contributed by atoms with E-state index in [9.17, 15) is 4.79 Å². The van der Waals surface area contributed by atoms with E-state index in [1.807, 2.05) is 68.9 Å². The monoisotopic (exact) mass is 397 g/mol. The van der Waals surface area contributed by atoms with Gasteiger partial charge in [-0.05, 0) is 30.2 Å². The zero-order valence-corrected chi connectivity index (χ0v) is 17.0. The number of allylic oxidation sites excluding steroid dienone is 3. The lowest BCUT2D eigenvalue weighted by molar-refractivity contribution is 0.768. The molecule has 1 aromatic carbocycles. The predicted octanol–water partition coefficient (Wildman–Crippen LogP) is 4.58. The summed E-state index contributed by atoms with van der Waals surface area (Å²) in [4.78, 5) is 20.1. The van der Waals surface area contributed by atoms with Gasteiger partial charge in [-0.2, -0.15) is 5.10 Å². The number of aromatic amines is 1. The van der Waals surface area contributed by atoms with Gasteiger partial charge in [0.15, 0.2) is 0 Å². The summed E-state index contributed by atoms with van der Waals surface area (Å²) in [5, 5.41) is 10.0. The number of pyridine rings is 2. The highest BCUT2D eigenvalue weighted by Gasteiger charge is 2.13. The molecule has 6 heteroatoms. The molecule has 0 aliphatic heterocycles. The molecule has 4 rings (SSSR count). The van der Waals surface area contributed by atoms with Gasteiger partial charge in [0.05, 0.1) is 17.1 Å². The van der Waals surface area contributed by atoms with Gasteiger partial charge in [-0.15, -0.1) is 0 Å². The maximum Gasteiger partial charge on any atom is 0.258 e. The molecule has 0 fully saturated rings. The van der Waals surface area contributed by atoms with Crippen LogP contribution in [0.4, 0.5) is 5.82 Å². The molecule has 150 valence electrons. The summed E-state index contributed by atoms with van der Waals surface area (Å²) in [6.45, 7) is 6.35. The third-order valence-corrected chi connectivity index (χ3v) is 4.93. The van der Waals surface area contributed by atoms with E-state index < -0.39 is 0 Å². The number of aromatic nitrogens is 4. The Bertz CT molecular complexity index is 1360. The second-order valence-corrected chi connectivity index (χ2v) is 7.02. The maximum atomic E-state index is 12.6. The molecule has 0 amide bonds. The molecule has 0 saturated heterocycles. The van der Waals surface area contributed by atoms with Crippen molar-refractivity contribution in [2.75, 3.05) is 11.9 Å². The van der Waals surface area contributed by atoms with E-state index in [0.717, 1.165) is 33.3 Å². The van der Waals surface area contributed by atoms with Crippen LogP contribution in [0.2, 0.25) is 0 Å². The minimum absolute atomic E-state index is 0.152. The van der Waals surface area contributed by atoms with Crippen molar-refractivity contribution in [3.05, 3.63) is 89.7 Å². The number of H-pyrrole nitrogens is 1. The van der Waals surface area contributed by atoms with Gasteiger partial charge in [0.25, 0.3) is 5.56 Å². The van der Waals surface area contributed by atoms with Crippen LogP contribution >= 0.6 is 0 Å². The number of nitrogens with zero attached hydrogens (tertiary/aromatic N) is 3. The summed E-state index contributed by atoms with van der Waals surface area (Å²) in [7, 11) is 1.88. The second-order valence-electron chi connectivity index (χ2n) is 7.02. The quantitative estimate of drug-likeness (QED) is 0.369. The van der Waals surface area contributed by atoms with Gasteiger partial charge in [-0.25, -0.2) is 4.98 Å². The van der Waals surface area contributed by atoms with Gasteiger partial charge in [-0.3, -0.25) is 9.48 Å². The Morgan fingerprint density at radius 2 is 2.13 bits per heavy atom. The first-order valence-electron chi connectivity index (χ1n) is 9.73. The largest absolute Gasteiger partial charge is 0.365 e. The van der Waals surface area contributed by atoms with Crippen molar-refractivity contribution < 1.29 is 0 Å². The first-order chi connectivity index (χ1) is 14.6. The highest BCUT2D eigenvalue weighted by molar-refractivity contribution is 6.10. The predicted molar refractivity (Wildman–Crippen MR) is 124 cm³/mol. The highest BCUT2D eigenvalue weighted by atomic mass is 16.1. The van der Waals surface area contributed by atoms with E-state index in [4.69, 9.17) is 4.98 Å². The van der Waals surface area contributed by atoms with Crippen LogP contribution in [0.3, 0.4) is 0 Å². The fourth-order valence-electron chi connectivity index (χ4n) is 3.57. The van der Waals surface area contributed by atoms with E-state index in [1.54, 1.807) is 17.0 Å². The second kappa shape index (κ2) is 8.21. The van der Waals surface area contributed by atoms with E-state index in [1.165, 1.54) is 0 Å². The molecule has 3 aromatic heterocycles. The van der Waals surface area contributed by atoms with Crippen LogP contribution in [-0.4, -0.2) is 26.3 Å². The number of fused-ring (bicyclic) bond motifs is 3. The van der Waals surface area contributed by atoms with Crippen LogP contribution in [0.1, 0.15) is 6.92 Å². The Labute approximate surface area is 174 Å². The van der Waals surface area contributed by atoms with Crippen molar-refractivity contribution in [2.45, 2.75) is 6.92 Å². The average Bonchev–Trinajstić information content (AvgIpc) is 3.18. The number of hydrogen-bond acceptors (Lipinski definition) is 4. The normalized spacial score (nSPS) is 12.1. The summed E-state index contributed by atoms with van der Waals surface area (Å²) >= 11 is 0. The van der Waals surface area contributed by atoms with Gasteiger partial charge in [-0.1, -0.05) is 43.0 Å². The number of hydrogen-bond donors (Lipinski definition) is 2. The standard InChI is InChI=1S/C24H23N5O/c1-4-6-16(7-5-2)13-26-23-19-9-8-17(18-14-27-29(3)15-18)12-20(19)22-21(28-23)10-11-25-24(22)30/h4-12,14-15H,1,13H2,2-3H3,(H,25,30)(H,26,28)/b7-5-,16-6+. The molecule has 6 nitrogen and oxygen atoms in total. The topological polar surface area (TPSA) is 75.6 Å². The number of nitrogens with one attached hydrogen (secondary N) is 2.